The molecular weight excluding hydrogens is 248 g/mol. The molecule has 1 aliphatic rings. The van der Waals surface area contributed by atoms with Crippen LogP contribution in [0.25, 0.3) is 0 Å². The molecule has 1 rings (SSSR count). The molecule has 1 nitrogen and oxygen atoms in total. The van der Waals surface area contributed by atoms with E-state index in [2.05, 4.69) is 0 Å². The van der Waals surface area contributed by atoms with Gasteiger partial charge < -0.3 is 4.74 Å². The summed E-state index contributed by atoms with van der Waals surface area (Å²) in [7, 11) is 0. The first kappa shape index (κ1) is 15.7. The standard InChI is InChI=1S/C13H22F4O/c1-8(2)9-6-18-7-10(12(9,14)15)13(16,17)11(3,4)5/h8-10H,6-7H2,1-5H3. The number of rotatable bonds is 2. The van der Waals surface area contributed by atoms with Gasteiger partial charge in [-0.1, -0.05) is 34.6 Å². The maximum absolute atomic E-state index is 14.3. The van der Waals surface area contributed by atoms with Crippen molar-refractivity contribution in [2.75, 3.05) is 13.2 Å². The third-order valence-electron chi connectivity index (χ3n) is 3.78. The zero-order valence-electron chi connectivity index (χ0n) is 11.6. The van der Waals surface area contributed by atoms with Crippen LogP contribution in [0.15, 0.2) is 0 Å². The van der Waals surface area contributed by atoms with Gasteiger partial charge in [0.15, 0.2) is 0 Å². The predicted octanol–water partition coefficient (Wildman–Crippen LogP) is 4.22. The van der Waals surface area contributed by atoms with Crippen molar-refractivity contribution in [3.8, 4) is 0 Å². The van der Waals surface area contributed by atoms with Crippen LogP contribution >= 0.6 is 0 Å². The zero-order chi connectivity index (χ0) is 14.4. The Hall–Kier alpha value is -0.320. The Bertz CT molecular complexity index is 294. The molecule has 0 amide bonds. The van der Waals surface area contributed by atoms with Crippen LogP contribution in [-0.4, -0.2) is 25.1 Å². The average Bonchev–Trinajstić information content (AvgIpc) is 2.13. The SMILES string of the molecule is CC(C)C1COCC(C(F)(F)C(C)(C)C)C1(F)F. The molecule has 0 bridgehead atoms. The highest BCUT2D eigenvalue weighted by Crippen LogP contribution is 2.52. The fourth-order valence-corrected chi connectivity index (χ4v) is 2.30. The molecule has 108 valence electrons. The second-order valence-corrected chi connectivity index (χ2v) is 6.49. The molecule has 0 radical (unpaired) electrons. The summed E-state index contributed by atoms with van der Waals surface area (Å²) >= 11 is 0. The van der Waals surface area contributed by atoms with E-state index in [9.17, 15) is 17.6 Å². The number of ether oxygens (including phenoxy) is 1. The molecule has 2 unspecified atom stereocenters. The maximum atomic E-state index is 14.3. The second-order valence-electron chi connectivity index (χ2n) is 6.49. The van der Waals surface area contributed by atoms with Gasteiger partial charge in [-0.25, -0.2) is 17.6 Å². The third-order valence-corrected chi connectivity index (χ3v) is 3.78. The predicted molar refractivity (Wildman–Crippen MR) is 62.0 cm³/mol. The number of halogens is 4. The molecule has 18 heavy (non-hydrogen) atoms. The van der Waals surface area contributed by atoms with Crippen LogP contribution in [0.1, 0.15) is 34.6 Å². The smallest absolute Gasteiger partial charge is 0.264 e. The van der Waals surface area contributed by atoms with Gasteiger partial charge in [0, 0.05) is 11.3 Å². The normalized spacial score (nSPS) is 29.7. The Kier molecular flexibility index (Phi) is 4.07. The summed E-state index contributed by atoms with van der Waals surface area (Å²) in [4.78, 5) is 0. The van der Waals surface area contributed by atoms with E-state index in [-0.39, 0.29) is 6.61 Å². The highest BCUT2D eigenvalue weighted by molar-refractivity contribution is 5.00. The Morgan fingerprint density at radius 2 is 1.61 bits per heavy atom. The molecular formula is C13H22F4O. The van der Waals surface area contributed by atoms with Crippen molar-refractivity contribution in [1.29, 1.82) is 0 Å². The van der Waals surface area contributed by atoms with E-state index < -0.39 is 41.6 Å². The summed E-state index contributed by atoms with van der Waals surface area (Å²) in [6.07, 6.45) is 0. The molecule has 0 aliphatic carbocycles. The van der Waals surface area contributed by atoms with Crippen molar-refractivity contribution in [3.05, 3.63) is 0 Å². The van der Waals surface area contributed by atoms with Crippen molar-refractivity contribution in [2.24, 2.45) is 23.2 Å². The average molecular weight is 270 g/mol. The van der Waals surface area contributed by atoms with Gasteiger partial charge in [-0.15, -0.1) is 0 Å². The van der Waals surface area contributed by atoms with E-state index in [4.69, 9.17) is 4.74 Å². The summed E-state index contributed by atoms with van der Waals surface area (Å²) in [6, 6.07) is 0. The lowest BCUT2D eigenvalue weighted by Gasteiger charge is -2.46. The molecule has 5 heteroatoms. The minimum Gasteiger partial charge on any atom is -0.380 e. The lowest BCUT2D eigenvalue weighted by Crippen LogP contribution is -2.58. The highest BCUT2D eigenvalue weighted by atomic mass is 19.3. The van der Waals surface area contributed by atoms with Crippen LogP contribution in [0.4, 0.5) is 17.6 Å². The minimum atomic E-state index is -3.47. The van der Waals surface area contributed by atoms with Crippen molar-refractivity contribution in [2.45, 2.75) is 46.5 Å². The molecule has 0 aromatic heterocycles. The molecule has 1 heterocycles. The molecule has 0 spiro atoms. The molecule has 0 aromatic carbocycles. The first-order valence-electron chi connectivity index (χ1n) is 6.25. The molecule has 0 aromatic rings. The van der Waals surface area contributed by atoms with Gasteiger partial charge in [0.1, 0.15) is 5.92 Å². The number of hydrogen-bond donors (Lipinski definition) is 0. The van der Waals surface area contributed by atoms with Crippen LogP contribution in [-0.2, 0) is 4.74 Å². The summed E-state index contributed by atoms with van der Waals surface area (Å²) < 4.78 is 61.9. The largest absolute Gasteiger partial charge is 0.380 e. The molecule has 2 atom stereocenters. The van der Waals surface area contributed by atoms with E-state index in [1.54, 1.807) is 13.8 Å². The Morgan fingerprint density at radius 3 is 2.00 bits per heavy atom. The Balaban J connectivity index is 3.09. The van der Waals surface area contributed by atoms with E-state index in [1.165, 1.54) is 20.8 Å². The lowest BCUT2D eigenvalue weighted by molar-refractivity contribution is -0.281. The van der Waals surface area contributed by atoms with Gasteiger partial charge in [0.25, 0.3) is 11.8 Å². The van der Waals surface area contributed by atoms with Crippen molar-refractivity contribution < 1.29 is 22.3 Å². The van der Waals surface area contributed by atoms with Crippen LogP contribution in [0.3, 0.4) is 0 Å². The lowest BCUT2D eigenvalue weighted by atomic mass is 9.72. The van der Waals surface area contributed by atoms with Gasteiger partial charge in [-0.2, -0.15) is 0 Å². The number of hydrogen-bond acceptors (Lipinski definition) is 1. The van der Waals surface area contributed by atoms with Crippen LogP contribution < -0.4 is 0 Å². The Morgan fingerprint density at radius 1 is 1.11 bits per heavy atom. The third kappa shape index (κ3) is 2.51. The molecule has 1 saturated heterocycles. The van der Waals surface area contributed by atoms with E-state index >= 15 is 0 Å². The number of alkyl halides is 4. The molecule has 0 saturated carbocycles. The highest BCUT2D eigenvalue weighted by Gasteiger charge is 2.64. The van der Waals surface area contributed by atoms with Crippen molar-refractivity contribution in [3.63, 3.8) is 0 Å². The van der Waals surface area contributed by atoms with E-state index in [0.717, 1.165) is 0 Å². The van der Waals surface area contributed by atoms with E-state index in [1.807, 2.05) is 0 Å². The monoisotopic (exact) mass is 270 g/mol. The van der Waals surface area contributed by atoms with Crippen LogP contribution in [0.5, 0.6) is 0 Å². The molecule has 0 N–H and O–H groups in total. The molecule has 1 aliphatic heterocycles. The fraction of sp³-hybridized carbons (Fsp3) is 1.00. The summed E-state index contributed by atoms with van der Waals surface area (Å²) in [5.74, 6) is -10.5. The maximum Gasteiger partial charge on any atom is 0.264 e. The first-order valence-corrected chi connectivity index (χ1v) is 6.25. The van der Waals surface area contributed by atoms with E-state index in [0.29, 0.717) is 0 Å². The summed E-state index contributed by atoms with van der Waals surface area (Å²) in [5.41, 5.74) is -1.51. The minimum absolute atomic E-state index is 0.151. The summed E-state index contributed by atoms with van der Waals surface area (Å²) in [5, 5.41) is 0. The summed E-state index contributed by atoms with van der Waals surface area (Å²) in [6.45, 7) is 6.33. The Labute approximate surface area is 106 Å². The van der Waals surface area contributed by atoms with Gasteiger partial charge >= 0.3 is 0 Å². The van der Waals surface area contributed by atoms with Crippen LogP contribution in [0, 0.1) is 23.2 Å². The topological polar surface area (TPSA) is 9.23 Å². The van der Waals surface area contributed by atoms with Crippen LogP contribution in [0.2, 0.25) is 0 Å². The quantitative estimate of drug-likeness (QED) is 0.683. The van der Waals surface area contributed by atoms with Gasteiger partial charge in [0.2, 0.25) is 0 Å². The van der Waals surface area contributed by atoms with Gasteiger partial charge in [0.05, 0.1) is 13.2 Å². The van der Waals surface area contributed by atoms with Gasteiger partial charge in [-0.3, -0.25) is 0 Å². The first-order chi connectivity index (χ1) is 7.92. The second kappa shape index (κ2) is 4.66. The fourth-order valence-electron chi connectivity index (χ4n) is 2.30. The van der Waals surface area contributed by atoms with Gasteiger partial charge in [-0.05, 0) is 5.92 Å². The molecule has 1 fully saturated rings. The van der Waals surface area contributed by atoms with Crippen molar-refractivity contribution >= 4 is 0 Å². The zero-order valence-corrected chi connectivity index (χ0v) is 11.6. The van der Waals surface area contributed by atoms with Crippen molar-refractivity contribution in [1.82, 2.24) is 0 Å².